The fraction of sp³-hybridized carbons (Fsp3) is 0.438. The van der Waals surface area contributed by atoms with E-state index in [4.69, 9.17) is 14.2 Å². The quantitative estimate of drug-likeness (QED) is 0.853. The maximum Gasteiger partial charge on any atom is 0.252 e. The highest BCUT2D eigenvalue weighted by Gasteiger charge is 2.52. The lowest BCUT2D eigenvalue weighted by Crippen LogP contribution is -2.32. The third kappa shape index (κ3) is 2.68. The number of carbonyl (C=O) groups excluding carboxylic acids is 1. The van der Waals surface area contributed by atoms with Crippen LogP contribution in [-0.4, -0.2) is 50.1 Å². The number of ether oxygens (including phenoxy) is 3. The first-order chi connectivity index (χ1) is 11.7. The summed E-state index contributed by atoms with van der Waals surface area (Å²) in [6.07, 6.45) is 0.403. The Morgan fingerprint density at radius 3 is 2.28 bits per heavy atom. The van der Waals surface area contributed by atoms with Crippen molar-refractivity contribution in [3.05, 3.63) is 35.4 Å². The fourth-order valence-corrected chi connectivity index (χ4v) is 4.42. The summed E-state index contributed by atoms with van der Waals surface area (Å²) in [5.74, 6) is -0.922. The first-order valence-corrected chi connectivity index (χ1v) is 9.25. The molecule has 0 aliphatic carbocycles. The summed E-state index contributed by atoms with van der Waals surface area (Å²) in [5.41, 5.74) is -1.20. The Kier molecular flexibility index (Phi) is 4.06. The number of methoxy groups -OCH3 is 2. The van der Waals surface area contributed by atoms with Gasteiger partial charge >= 0.3 is 0 Å². The Morgan fingerprint density at radius 2 is 1.80 bits per heavy atom. The van der Waals surface area contributed by atoms with Gasteiger partial charge in [0.05, 0.1) is 20.0 Å². The van der Waals surface area contributed by atoms with Crippen LogP contribution in [0.2, 0.25) is 0 Å². The number of aliphatic hydroxyl groups is 1. The van der Waals surface area contributed by atoms with Crippen LogP contribution in [0.25, 0.3) is 0 Å². The number of sulfonamides is 1. The SMILES string of the molecule is COc1cc(OC)cc(C2(C)OC(N3CCCS3(=O)=O)=C(O)C2=O)c1. The molecule has 0 radical (unpaired) electrons. The summed E-state index contributed by atoms with van der Waals surface area (Å²) in [4.78, 5) is 12.7. The Labute approximate surface area is 145 Å². The standard InChI is InChI=1S/C16H19NO7S/c1-16(10-7-11(22-2)9-12(8-10)23-3)14(19)13(18)15(24-16)17-5-4-6-25(17,20)21/h7-9,18H,4-6H2,1-3H3. The average Bonchev–Trinajstić information content (AvgIpc) is 3.06. The van der Waals surface area contributed by atoms with Crippen LogP contribution in [0.15, 0.2) is 29.8 Å². The fourth-order valence-electron chi connectivity index (χ4n) is 2.92. The predicted octanol–water partition coefficient (Wildman–Crippen LogP) is 1.28. The Bertz CT molecular complexity index is 839. The van der Waals surface area contributed by atoms with E-state index in [0.717, 1.165) is 4.31 Å². The van der Waals surface area contributed by atoms with Crippen LogP contribution in [0, 0.1) is 0 Å². The molecule has 9 heteroatoms. The number of hydrogen-bond donors (Lipinski definition) is 1. The Hall–Kier alpha value is -2.42. The van der Waals surface area contributed by atoms with E-state index in [2.05, 4.69) is 0 Å². The topological polar surface area (TPSA) is 102 Å². The van der Waals surface area contributed by atoms with Gasteiger partial charge in [0.25, 0.3) is 11.7 Å². The highest BCUT2D eigenvalue weighted by atomic mass is 32.2. The van der Waals surface area contributed by atoms with Gasteiger partial charge in [0.1, 0.15) is 11.5 Å². The van der Waals surface area contributed by atoms with E-state index >= 15 is 0 Å². The summed E-state index contributed by atoms with van der Waals surface area (Å²) in [5, 5.41) is 10.2. The summed E-state index contributed by atoms with van der Waals surface area (Å²) in [6.45, 7) is 1.63. The zero-order chi connectivity index (χ0) is 18.4. The molecule has 0 saturated carbocycles. The van der Waals surface area contributed by atoms with Crippen molar-refractivity contribution in [2.45, 2.75) is 18.9 Å². The molecule has 2 aliphatic heterocycles. The van der Waals surface area contributed by atoms with Crippen LogP contribution in [0.4, 0.5) is 0 Å². The molecule has 1 aromatic rings. The van der Waals surface area contributed by atoms with Gasteiger partial charge in [-0.15, -0.1) is 0 Å². The second-order valence-corrected chi connectivity index (χ2v) is 7.97. The second-order valence-electron chi connectivity index (χ2n) is 5.96. The highest BCUT2D eigenvalue weighted by Crippen LogP contribution is 2.42. The Balaban J connectivity index is 2.04. The lowest BCUT2D eigenvalue weighted by atomic mass is 9.91. The number of aliphatic hydroxyl groups excluding tert-OH is 1. The van der Waals surface area contributed by atoms with Gasteiger partial charge in [-0.1, -0.05) is 0 Å². The first-order valence-electron chi connectivity index (χ1n) is 7.64. The van der Waals surface area contributed by atoms with Gasteiger partial charge in [-0.25, -0.2) is 12.7 Å². The third-order valence-corrected chi connectivity index (χ3v) is 6.20. The Morgan fingerprint density at radius 1 is 1.20 bits per heavy atom. The molecular weight excluding hydrogens is 350 g/mol. The van der Waals surface area contributed by atoms with Gasteiger partial charge in [0, 0.05) is 18.2 Å². The van der Waals surface area contributed by atoms with Gasteiger partial charge in [-0.2, -0.15) is 0 Å². The molecular formula is C16H19NO7S. The number of ketones is 1. The molecule has 8 nitrogen and oxygen atoms in total. The minimum Gasteiger partial charge on any atom is -0.501 e. The lowest BCUT2D eigenvalue weighted by molar-refractivity contribution is -0.132. The number of hydrogen-bond acceptors (Lipinski definition) is 7. The van der Waals surface area contributed by atoms with Crippen LogP contribution < -0.4 is 9.47 Å². The maximum absolute atomic E-state index is 12.7. The van der Waals surface area contributed by atoms with E-state index in [1.54, 1.807) is 18.2 Å². The normalized spacial score (nSPS) is 25.2. The third-order valence-electron chi connectivity index (χ3n) is 4.38. The van der Waals surface area contributed by atoms with Crippen molar-refractivity contribution in [1.29, 1.82) is 0 Å². The molecule has 0 bridgehead atoms. The molecule has 0 amide bonds. The van der Waals surface area contributed by atoms with E-state index in [9.17, 15) is 18.3 Å². The molecule has 1 atom stereocenters. The van der Waals surface area contributed by atoms with Crippen LogP contribution >= 0.6 is 0 Å². The van der Waals surface area contributed by atoms with E-state index < -0.39 is 27.2 Å². The molecule has 0 aromatic heterocycles. The predicted molar refractivity (Wildman–Crippen MR) is 87.8 cm³/mol. The van der Waals surface area contributed by atoms with Crippen LogP contribution in [0.1, 0.15) is 18.9 Å². The number of Topliss-reactive ketones (excluding diaryl/α,β-unsaturated/α-hetero) is 1. The molecule has 2 aliphatic rings. The molecule has 1 aromatic carbocycles. The lowest BCUT2D eigenvalue weighted by Gasteiger charge is -2.26. The molecule has 1 N–H and O–H groups in total. The minimum absolute atomic E-state index is 0.0506. The van der Waals surface area contributed by atoms with E-state index in [0.29, 0.717) is 23.5 Å². The van der Waals surface area contributed by atoms with Gasteiger partial charge in [0.15, 0.2) is 5.60 Å². The van der Waals surface area contributed by atoms with E-state index in [-0.39, 0.29) is 18.2 Å². The van der Waals surface area contributed by atoms with Crippen molar-refractivity contribution in [3.8, 4) is 11.5 Å². The van der Waals surface area contributed by atoms with E-state index in [1.807, 2.05) is 0 Å². The van der Waals surface area contributed by atoms with Crippen molar-refractivity contribution in [2.75, 3.05) is 26.5 Å². The zero-order valence-electron chi connectivity index (χ0n) is 14.1. The van der Waals surface area contributed by atoms with Gasteiger partial charge in [0.2, 0.25) is 15.8 Å². The van der Waals surface area contributed by atoms with Crippen LogP contribution in [0.3, 0.4) is 0 Å². The largest absolute Gasteiger partial charge is 0.501 e. The summed E-state index contributed by atoms with van der Waals surface area (Å²) in [6, 6.07) is 4.79. The number of nitrogens with zero attached hydrogens (tertiary/aromatic N) is 1. The van der Waals surface area contributed by atoms with Gasteiger partial charge in [-0.3, -0.25) is 4.79 Å². The summed E-state index contributed by atoms with van der Waals surface area (Å²) in [7, 11) is -0.659. The maximum atomic E-state index is 12.7. The zero-order valence-corrected chi connectivity index (χ0v) is 14.9. The molecule has 0 spiro atoms. The van der Waals surface area contributed by atoms with Crippen molar-refractivity contribution in [2.24, 2.45) is 0 Å². The van der Waals surface area contributed by atoms with Crippen molar-refractivity contribution < 1.29 is 32.5 Å². The molecule has 1 saturated heterocycles. The number of benzene rings is 1. The first kappa shape index (κ1) is 17.4. The number of rotatable bonds is 4. The van der Waals surface area contributed by atoms with Gasteiger partial charge in [-0.05, 0) is 25.5 Å². The molecule has 3 rings (SSSR count). The van der Waals surface area contributed by atoms with Gasteiger partial charge < -0.3 is 19.3 Å². The summed E-state index contributed by atoms with van der Waals surface area (Å²) < 4.78 is 41.2. The average molecular weight is 369 g/mol. The molecule has 2 heterocycles. The summed E-state index contributed by atoms with van der Waals surface area (Å²) >= 11 is 0. The number of carbonyl (C=O) groups is 1. The monoisotopic (exact) mass is 369 g/mol. The van der Waals surface area contributed by atoms with Crippen molar-refractivity contribution in [1.82, 2.24) is 4.31 Å². The molecule has 25 heavy (non-hydrogen) atoms. The van der Waals surface area contributed by atoms with Crippen LogP contribution in [0.5, 0.6) is 11.5 Å². The molecule has 1 unspecified atom stereocenters. The minimum atomic E-state index is -3.60. The van der Waals surface area contributed by atoms with Crippen LogP contribution in [-0.2, 0) is 25.2 Å². The van der Waals surface area contributed by atoms with E-state index in [1.165, 1.54) is 21.1 Å². The van der Waals surface area contributed by atoms with Crippen molar-refractivity contribution in [3.63, 3.8) is 0 Å². The highest BCUT2D eigenvalue weighted by molar-refractivity contribution is 7.89. The molecule has 136 valence electrons. The molecule has 1 fully saturated rings. The smallest absolute Gasteiger partial charge is 0.252 e. The second kappa shape index (κ2) is 5.83. The van der Waals surface area contributed by atoms with Crippen molar-refractivity contribution >= 4 is 15.8 Å².